The summed E-state index contributed by atoms with van der Waals surface area (Å²) in [5, 5.41) is 10.2. The summed E-state index contributed by atoms with van der Waals surface area (Å²) in [6, 6.07) is 8.90. The SMILES string of the molecule is Cc1ncn(C)c1-c1ccc(NC(=O)C(NC(=O)c2ccnn2C)C(C2CC2)C2CC2)cc1. The van der Waals surface area contributed by atoms with Gasteiger partial charge in [-0.2, -0.15) is 5.10 Å². The Balaban J connectivity index is 1.35. The molecule has 1 aromatic carbocycles. The Hall–Kier alpha value is -3.42. The predicted octanol–water partition coefficient (Wildman–Crippen LogP) is 3.30. The van der Waals surface area contributed by atoms with Gasteiger partial charge in [-0.05, 0) is 68.6 Å². The Morgan fingerprint density at radius 2 is 1.70 bits per heavy atom. The van der Waals surface area contributed by atoms with Crippen LogP contribution in [0.25, 0.3) is 11.3 Å². The third kappa shape index (κ3) is 4.42. The van der Waals surface area contributed by atoms with Crippen molar-refractivity contribution in [3.05, 3.63) is 54.2 Å². The van der Waals surface area contributed by atoms with Gasteiger partial charge in [0.15, 0.2) is 0 Å². The lowest BCUT2D eigenvalue weighted by atomic mass is 9.88. The van der Waals surface area contributed by atoms with Crippen molar-refractivity contribution in [1.82, 2.24) is 24.6 Å². The molecule has 1 atom stereocenters. The van der Waals surface area contributed by atoms with Crippen LogP contribution in [0.2, 0.25) is 0 Å². The third-order valence-electron chi connectivity index (χ3n) is 6.89. The maximum absolute atomic E-state index is 13.5. The number of benzene rings is 1. The van der Waals surface area contributed by atoms with Gasteiger partial charge in [-0.3, -0.25) is 14.3 Å². The van der Waals surface area contributed by atoms with Gasteiger partial charge in [0.05, 0.1) is 17.7 Å². The van der Waals surface area contributed by atoms with Crippen LogP contribution in [0.3, 0.4) is 0 Å². The number of anilines is 1. The molecule has 0 spiro atoms. The molecule has 2 saturated carbocycles. The fraction of sp³-hybridized carbons (Fsp3) is 0.440. The van der Waals surface area contributed by atoms with E-state index < -0.39 is 6.04 Å². The first kappa shape index (κ1) is 21.4. The largest absolute Gasteiger partial charge is 0.339 e. The summed E-state index contributed by atoms with van der Waals surface area (Å²) < 4.78 is 3.52. The minimum atomic E-state index is -0.564. The zero-order valence-corrected chi connectivity index (χ0v) is 19.3. The molecule has 33 heavy (non-hydrogen) atoms. The van der Waals surface area contributed by atoms with Crippen LogP contribution in [0.4, 0.5) is 5.69 Å². The number of carbonyl (C=O) groups excluding carboxylic acids is 2. The normalized spacial score (nSPS) is 16.6. The van der Waals surface area contributed by atoms with Crippen LogP contribution in [0.5, 0.6) is 0 Å². The summed E-state index contributed by atoms with van der Waals surface area (Å²) in [6.07, 6.45) is 7.91. The van der Waals surface area contributed by atoms with Crippen LogP contribution in [0.1, 0.15) is 41.9 Å². The van der Waals surface area contributed by atoms with Crippen LogP contribution in [-0.4, -0.2) is 37.2 Å². The smallest absolute Gasteiger partial charge is 0.270 e. The summed E-state index contributed by atoms with van der Waals surface area (Å²) in [4.78, 5) is 30.8. The van der Waals surface area contributed by atoms with Gasteiger partial charge >= 0.3 is 0 Å². The van der Waals surface area contributed by atoms with Crippen LogP contribution in [0, 0.1) is 24.7 Å². The van der Waals surface area contributed by atoms with Crippen molar-refractivity contribution in [3.8, 4) is 11.3 Å². The Kier molecular flexibility index (Phi) is 5.52. The van der Waals surface area contributed by atoms with E-state index in [2.05, 4.69) is 20.7 Å². The quantitative estimate of drug-likeness (QED) is 0.555. The first-order chi connectivity index (χ1) is 15.9. The third-order valence-corrected chi connectivity index (χ3v) is 6.89. The highest BCUT2D eigenvalue weighted by Crippen LogP contribution is 2.50. The minimum Gasteiger partial charge on any atom is -0.339 e. The highest BCUT2D eigenvalue weighted by molar-refractivity contribution is 6.00. The van der Waals surface area contributed by atoms with Crippen LogP contribution < -0.4 is 10.6 Å². The molecule has 8 nitrogen and oxygen atoms in total. The fourth-order valence-corrected chi connectivity index (χ4v) is 4.93. The molecule has 2 N–H and O–H groups in total. The molecule has 0 saturated heterocycles. The van der Waals surface area contributed by atoms with Gasteiger partial charge in [0.1, 0.15) is 11.7 Å². The van der Waals surface area contributed by atoms with Gasteiger partial charge in [-0.25, -0.2) is 4.98 Å². The number of imidazole rings is 1. The van der Waals surface area contributed by atoms with E-state index >= 15 is 0 Å². The Morgan fingerprint density at radius 3 is 2.21 bits per heavy atom. The summed E-state index contributed by atoms with van der Waals surface area (Å²) in [5.74, 6) is 0.784. The number of hydrogen-bond donors (Lipinski definition) is 2. The standard InChI is InChI=1S/C25H30N6O2/c1-15-23(30(2)14-26-15)18-8-10-19(11-9-18)28-25(33)22(21(16-4-5-16)17-6-7-17)29-24(32)20-12-13-27-31(20)3/h8-14,16-17,21-22H,4-7H2,1-3H3,(H,28,33)(H,29,32). The van der Waals surface area contributed by atoms with Crippen LogP contribution in [-0.2, 0) is 18.9 Å². The summed E-state index contributed by atoms with van der Waals surface area (Å²) in [6.45, 7) is 1.98. The maximum Gasteiger partial charge on any atom is 0.270 e. The molecule has 2 aliphatic rings. The van der Waals surface area contributed by atoms with Gasteiger partial charge in [-0.1, -0.05) is 12.1 Å². The molecule has 2 aromatic heterocycles. The predicted molar refractivity (Wildman–Crippen MR) is 125 cm³/mol. The van der Waals surface area contributed by atoms with Crippen molar-refractivity contribution >= 4 is 17.5 Å². The Labute approximate surface area is 193 Å². The topological polar surface area (TPSA) is 93.8 Å². The zero-order chi connectivity index (χ0) is 23.1. The van der Waals surface area contributed by atoms with Gasteiger partial charge < -0.3 is 15.2 Å². The van der Waals surface area contributed by atoms with E-state index in [9.17, 15) is 9.59 Å². The molecular formula is C25H30N6O2. The summed E-state index contributed by atoms with van der Waals surface area (Å²) >= 11 is 0. The van der Waals surface area contributed by atoms with Gasteiger partial charge in [0.2, 0.25) is 5.91 Å². The van der Waals surface area contributed by atoms with Crippen LogP contribution in [0.15, 0.2) is 42.9 Å². The van der Waals surface area contributed by atoms with E-state index in [1.54, 1.807) is 25.6 Å². The molecule has 1 unspecified atom stereocenters. The average molecular weight is 447 g/mol. The van der Waals surface area contributed by atoms with E-state index in [0.717, 1.165) is 42.6 Å². The molecule has 5 rings (SSSR count). The zero-order valence-electron chi connectivity index (χ0n) is 19.3. The number of aryl methyl sites for hydroxylation is 3. The first-order valence-corrected chi connectivity index (χ1v) is 11.6. The summed E-state index contributed by atoms with van der Waals surface area (Å²) in [7, 11) is 3.70. The Morgan fingerprint density at radius 1 is 1.03 bits per heavy atom. The van der Waals surface area contributed by atoms with E-state index in [1.165, 1.54) is 4.68 Å². The number of carbonyl (C=O) groups is 2. The molecule has 8 heteroatoms. The second-order valence-corrected chi connectivity index (χ2v) is 9.40. The molecule has 0 bridgehead atoms. The number of amides is 2. The minimum absolute atomic E-state index is 0.154. The lowest BCUT2D eigenvalue weighted by Gasteiger charge is -2.27. The summed E-state index contributed by atoms with van der Waals surface area (Å²) in [5.41, 5.74) is 4.23. The van der Waals surface area contributed by atoms with E-state index in [-0.39, 0.29) is 17.7 Å². The van der Waals surface area contributed by atoms with Gasteiger partial charge in [0.25, 0.3) is 5.91 Å². The molecular weight excluding hydrogens is 416 g/mol. The molecule has 0 aliphatic heterocycles. The van der Waals surface area contributed by atoms with E-state index in [4.69, 9.17) is 0 Å². The number of nitrogens with zero attached hydrogens (tertiary/aromatic N) is 4. The first-order valence-electron chi connectivity index (χ1n) is 11.6. The molecule has 2 aliphatic carbocycles. The molecule has 3 aromatic rings. The molecule has 0 radical (unpaired) electrons. The molecule has 172 valence electrons. The van der Waals surface area contributed by atoms with E-state index in [0.29, 0.717) is 23.2 Å². The van der Waals surface area contributed by atoms with Crippen molar-refractivity contribution in [1.29, 1.82) is 0 Å². The number of nitrogens with one attached hydrogen (secondary N) is 2. The number of aromatic nitrogens is 4. The van der Waals surface area contributed by atoms with Crippen molar-refractivity contribution in [2.45, 2.75) is 38.6 Å². The van der Waals surface area contributed by atoms with Crippen LogP contribution >= 0.6 is 0 Å². The van der Waals surface area contributed by atoms with Crippen molar-refractivity contribution in [3.63, 3.8) is 0 Å². The number of rotatable bonds is 8. The monoisotopic (exact) mass is 446 g/mol. The van der Waals surface area contributed by atoms with Crippen molar-refractivity contribution in [2.75, 3.05) is 5.32 Å². The van der Waals surface area contributed by atoms with Crippen molar-refractivity contribution < 1.29 is 9.59 Å². The van der Waals surface area contributed by atoms with Gasteiger partial charge in [0, 0.05) is 31.5 Å². The second kappa shape index (κ2) is 8.50. The Bertz CT molecular complexity index is 1140. The van der Waals surface area contributed by atoms with Gasteiger partial charge in [-0.15, -0.1) is 0 Å². The fourth-order valence-electron chi connectivity index (χ4n) is 4.93. The van der Waals surface area contributed by atoms with E-state index in [1.807, 2.05) is 42.8 Å². The lowest BCUT2D eigenvalue weighted by molar-refractivity contribution is -0.119. The molecule has 2 heterocycles. The highest BCUT2D eigenvalue weighted by Gasteiger charge is 2.48. The average Bonchev–Trinajstić information content (AvgIpc) is 3.72. The molecule has 2 amide bonds. The maximum atomic E-state index is 13.5. The lowest BCUT2D eigenvalue weighted by Crippen LogP contribution is -2.50. The molecule has 2 fully saturated rings. The highest BCUT2D eigenvalue weighted by atomic mass is 16.2. The number of hydrogen-bond acceptors (Lipinski definition) is 4. The second-order valence-electron chi connectivity index (χ2n) is 9.40. The van der Waals surface area contributed by atoms with Crippen molar-refractivity contribution in [2.24, 2.45) is 31.8 Å².